The summed E-state index contributed by atoms with van der Waals surface area (Å²) in [4.78, 5) is 0.892. The molecule has 1 aromatic heterocycles. The average molecular weight is 304 g/mol. The van der Waals surface area contributed by atoms with Crippen LogP contribution >= 0.6 is 34.5 Å². The van der Waals surface area contributed by atoms with Crippen LogP contribution in [-0.4, -0.2) is 0 Å². The van der Waals surface area contributed by atoms with E-state index in [1.165, 1.54) is 17.4 Å². The molecular weight excluding hydrogens is 292 g/mol. The van der Waals surface area contributed by atoms with E-state index in [4.69, 9.17) is 28.9 Å². The van der Waals surface area contributed by atoms with Gasteiger partial charge in [0.2, 0.25) is 0 Å². The number of hydrogen-bond donors (Lipinski definition) is 1. The van der Waals surface area contributed by atoms with E-state index in [-0.39, 0.29) is 11.9 Å². The Balaban J connectivity index is 2.21. The van der Waals surface area contributed by atoms with Crippen molar-refractivity contribution in [3.63, 3.8) is 0 Å². The normalized spacial score (nSPS) is 12.7. The third-order valence-electron chi connectivity index (χ3n) is 2.72. The Bertz CT molecular complexity index is 568. The molecule has 0 aliphatic carbocycles. The highest BCUT2D eigenvalue weighted by molar-refractivity contribution is 7.10. The van der Waals surface area contributed by atoms with E-state index in [0.717, 1.165) is 10.4 Å². The first kappa shape index (κ1) is 13.8. The van der Waals surface area contributed by atoms with Crippen LogP contribution in [0.1, 0.15) is 22.0 Å². The summed E-state index contributed by atoms with van der Waals surface area (Å²) in [6.45, 7) is 1.93. The highest BCUT2D eigenvalue weighted by atomic mass is 35.5. The maximum Gasteiger partial charge on any atom is 0.127 e. The summed E-state index contributed by atoms with van der Waals surface area (Å²) in [5, 5.41) is 3.02. The summed E-state index contributed by atoms with van der Waals surface area (Å²) < 4.78 is 13.7. The van der Waals surface area contributed by atoms with Crippen LogP contribution in [0.4, 0.5) is 4.39 Å². The van der Waals surface area contributed by atoms with Gasteiger partial charge in [0.1, 0.15) is 5.82 Å². The lowest BCUT2D eigenvalue weighted by atomic mass is 10.0. The van der Waals surface area contributed by atoms with Crippen molar-refractivity contribution in [1.29, 1.82) is 0 Å². The second kappa shape index (κ2) is 5.57. The van der Waals surface area contributed by atoms with Crippen molar-refractivity contribution in [1.82, 2.24) is 0 Å². The highest BCUT2D eigenvalue weighted by Crippen LogP contribution is 2.33. The number of thiophene rings is 1. The molecule has 0 aliphatic heterocycles. The molecular formula is C13H12Cl2FNS. The minimum absolute atomic E-state index is 0.299. The molecule has 18 heavy (non-hydrogen) atoms. The molecule has 2 N–H and O–H groups in total. The quantitative estimate of drug-likeness (QED) is 0.870. The van der Waals surface area contributed by atoms with Gasteiger partial charge in [-0.1, -0.05) is 29.3 Å². The number of nitrogens with two attached hydrogens (primary N) is 1. The lowest BCUT2D eigenvalue weighted by Gasteiger charge is -2.11. The van der Waals surface area contributed by atoms with Crippen molar-refractivity contribution in [2.24, 2.45) is 5.73 Å². The first-order valence-electron chi connectivity index (χ1n) is 5.42. The molecule has 1 aromatic carbocycles. The Morgan fingerprint density at radius 3 is 2.67 bits per heavy atom. The monoisotopic (exact) mass is 303 g/mol. The first-order valence-corrected chi connectivity index (χ1v) is 7.05. The van der Waals surface area contributed by atoms with Crippen LogP contribution < -0.4 is 5.73 Å². The third kappa shape index (κ3) is 2.86. The topological polar surface area (TPSA) is 26.0 Å². The van der Waals surface area contributed by atoms with Crippen molar-refractivity contribution in [3.8, 4) is 0 Å². The molecule has 1 nitrogen and oxygen atoms in total. The molecule has 1 unspecified atom stereocenters. The fraction of sp³-hybridized carbons (Fsp3) is 0.231. The number of rotatable bonds is 3. The van der Waals surface area contributed by atoms with Gasteiger partial charge < -0.3 is 5.73 Å². The van der Waals surface area contributed by atoms with Gasteiger partial charge in [-0.25, -0.2) is 4.39 Å². The Morgan fingerprint density at radius 1 is 1.39 bits per heavy atom. The zero-order chi connectivity index (χ0) is 13.3. The van der Waals surface area contributed by atoms with E-state index in [2.05, 4.69) is 0 Å². The predicted octanol–water partition coefficient (Wildman–Crippen LogP) is 4.74. The lowest BCUT2D eigenvalue weighted by molar-refractivity contribution is 0.595. The van der Waals surface area contributed by atoms with Crippen LogP contribution in [0.2, 0.25) is 10.0 Å². The molecule has 0 saturated heterocycles. The molecule has 0 bridgehead atoms. The number of aryl methyl sites for hydroxylation is 1. The molecule has 0 spiro atoms. The zero-order valence-corrected chi connectivity index (χ0v) is 12.0. The van der Waals surface area contributed by atoms with Crippen LogP contribution in [-0.2, 0) is 6.42 Å². The van der Waals surface area contributed by atoms with Gasteiger partial charge in [-0.2, -0.15) is 0 Å². The van der Waals surface area contributed by atoms with Crippen molar-refractivity contribution >= 4 is 34.5 Å². The molecule has 0 saturated carbocycles. The van der Waals surface area contributed by atoms with E-state index in [1.54, 1.807) is 12.1 Å². The Hall–Kier alpha value is -0.610. The van der Waals surface area contributed by atoms with E-state index in [0.29, 0.717) is 22.0 Å². The van der Waals surface area contributed by atoms with Gasteiger partial charge in [-0.3, -0.25) is 0 Å². The molecule has 2 aromatic rings. The van der Waals surface area contributed by atoms with Gasteiger partial charge in [0.25, 0.3) is 0 Å². The van der Waals surface area contributed by atoms with Crippen LogP contribution in [0.15, 0.2) is 23.6 Å². The summed E-state index contributed by atoms with van der Waals surface area (Å²) in [6, 6.07) is 4.32. The molecule has 5 heteroatoms. The van der Waals surface area contributed by atoms with E-state index in [1.807, 2.05) is 12.3 Å². The van der Waals surface area contributed by atoms with Gasteiger partial charge in [0.05, 0.1) is 5.02 Å². The summed E-state index contributed by atoms with van der Waals surface area (Å²) in [7, 11) is 0. The second-order valence-corrected chi connectivity index (χ2v) is 5.87. The van der Waals surface area contributed by atoms with E-state index in [9.17, 15) is 4.39 Å². The third-order valence-corrected chi connectivity index (χ3v) is 4.80. The molecule has 0 amide bonds. The maximum atomic E-state index is 13.7. The summed E-state index contributed by atoms with van der Waals surface area (Å²) in [5.41, 5.74) is 7.63. The maximum absolute atomic E-state index is 13.7. The minimum atomic E-state index is -0.331. The van der Waals surface area contributed by atoms with Crippen molar-refractivity contribution < 1.29 is 4.39 Å². The molecule has 2 rings (SSSR count). The fourth-order valence-corrected chi connectivity index (χ4v) is 3.21. The molecule has 0 fully saturated rings. The van der Waals surface area contributed by atoms with Gasteiger partial charge in [0.15, 0.2) is 0 Å². The molecule has 1 heterocycles. The number of hydrogen-bond acceptors (Lipinski definition) is 2. The van der Waals surface area contributed by atoms with Crippen LogP contribution in [0.25, 0.3) is 0 Å². The summed E-state index contributed by atoms with van der Waals surface area (Å²) >= 11 is 13.4. The predicted molar refractivity (Wildman–Crippen MR) is 76.1 cm³/mol. The van der Waals surface area contributed by atoms with Gasteiger partial charge >= 0.3 is 0 Å². The Morgan fingerprint density at radius 2 is 2.11 bits per heavy atom. The summed E-state index contributed by atoms with van der Waals surface area (Å²) in [5.74, 6) is -0.331. The SMILES string of the molecule is Cc1csc(C(N)Cc2ccc(Cl)cc2F)c1Cl. The zero-order valence-electron chi connectivity index (χ0n) is 9.71. The van der Waals surface area contributed by atoms with Crippen molar-refractivity contribution in [3.05, 3.63) is 55.4 Å². The molecule has 96 valence electrons. The lowest BCUT2D eigenvalue weighted by Crippen LogP contribution is -2.13. The minimum Gasteiger partial charge on any atom is -0.323 e. The average Bonchev–Trinajstić information content (AvgIpc) is 2.64. The first-order chi connectivity index (χ1) is 8.49. The molecule has 1 atom stereocenters. The van der Waals surface area contributed by atoms with Gasteiger partial charge in [0, 0.05) is 15.9 Å². The Labute approximate surface area is 119 Å². The van der Waals surface area contributed by atoms with Crippen LogP contribution in [0, 0.1) is 12.7 Å². The smallest absolute Gasteiger partial charge is 0.127 e. The Kier molecular flexibility index (Phi) is 4.28. The van der Waals surface area contributed by atoms with Crippen LogP contribution in [0.3, 0.4) is 0 Å². The molecule has 0 aliphatic rings. The standard InChI is InChI=1S/C13H12Cl2FNS/c1-7-6-18-13(12(7)15)11(17)4-8-2-3-9(14)5-10(8)16/h2-3,5-6,11H,4,17H2,1H3. The van der Waals surface area contributed by atoms with Gasteiger partial charge in [-0.05, 0) is 42.0 Å². The van der Waals surface area contributed by atoms with Gasteiger partial charge in [-0.15, -0.1) is 11.3 Å². The second-order valence-electron chi connectivity index (χ2n) is 4.14. The van der Waals surface area contributed by atoms with E-state index < -0.39 is 0 Å². The highest BCUT2D eigenvalue weighted by Gasteiger charge is 2.16. The molecule has 0 radical (unpaired) electrons. The van der Waals surface area contributed by atoms with Crippen LogP contribution in [0.5, 0.6) is 0 Å². The van der Waals surface area contributed by atoms with Crippen molar-refractivity contribution in [2.45, 2.75) is 19.4 Å². The van der Waals surface area contributed by atoms with Crippen molar-refractivity contribution in [2.75, 3.05) is 0 Å². The van der Waals surface area contributed by atoms with E-state index >= 15 is 0 Å². The fourth-order valence-electron chi connectivity index (χ4n) is 1.72. The number of benzene rings is 1. The summed E-state index contributed by atoms with van der Waals surface area (Å²) in [6.07, 6.45) is 0.405. The number of halogens is 3. The largest absolute Gasteiger partial charge is 0.323 e.